The second-order valence-electron chi connectivity index (χ2n) is 3.58. The summed E-state index contributed by atoms with van der Waals surface area (Å²) in [6.45, 7) is 0. The Hall–Kier alpha value is -3.03. The first-order valence-electron chi connectivity index (χ1n) is 5.17. The van der Waals surface area contributed by atoms with Crippen molar-refractivity contribution in [2.45, 2.75) is 0 Å². The van der Waals surface area contributed by atoms with E-state index in [1.807, 2.05) is 4.98 Å². The number of aliphatic imine (C=N–C) groups is 1. The number of non-ortho nitro benzene ring substituents is 1. The Morgan fingerprint density at radius 3 is 2.68 bits per heavy atom. The van der Waals surface area contributed by atoms with Gasteiger partial charge in [-0.2, -0.15) is 0 Å². The van der Waals surface area contributed by atoms with Crippen LogP contribution >= 0.6 is 0 Å². The fraction of sp³-hybridized carbons (Fsp3) is 0. The molecular weight excluding hydrogens is 252 g/mol. The van der Waals surface area contributed by atoms with Gasteiger partial charge in [0.05, 0.1) is 4.92 Å². The van der Waals surface area contributed by atoms with Crippen LogP contribution in [0.4, 0.5) is 11.5 Å². The fourth-order valence-corrected chi connectivity index (χ4v) is 1.39. The normalized spacial score (nSPS) is 10.7. The molecule has 0 amide bonds. The summed E-state index contributed by atoms with van der Waals surface area (Å²) >= 11 is 0. The molecule has 0 spiro atoms. The molecule has 2 aromatic rings. The number of hydrogen-bond acceptors (Lipinski definition) is 5. The standard InChI is InChI=1S/C11H8N4O4/c16-10-5-9(13-11(17)14-10)12-6-7-2-1-3-8(4-7)15(18)19/h1-6H,(H2,13,14,16,17)/b12-6+. The van der Waals surface area contributed by atoms with Crippen molar-refractivity contribution < 1.29 is 4.92 Å². The van der Waals surface area contributed by atoms with E-state index in [-0.39, 0.29) is 11.5 Å². The molecule has 0 saturated carbocycles. The highest BCUT2D eigenvalue weighted by molar-refractivity contribution is 5.82. The van der Waals surface area contributed by atoms with Gasteiger partial charge in [-0.05, 0) is 5.56 Å². The Kier molecular flexibility index (Phi) is 3.33. The SMILES string of the molecule is O=c1cc(/N=C/c2cccc([N+](=O)[O-])c2)[nH]c(=O)[nH]1. The van der Waals surface area contributed by atoms with Crippen molar-refractivity contribution >= 4 is 17.7 Å². The van der Waals surface area contributed by atoms with E-state index in [0.29, 0.717) is 5.56 Å². The Morgan fingerprint density at radius 1 is 1.21 bits per heavy atom. The highest BCUT2D eigenvalue weighted by Gasteiger charge is 2.03. The summed E-state index contributed by atoms with van der Waals surface area (Å²) in [5.74, 6) is 0.0697. The molecule has 96 valence electrons. The number of rotatable bonds is 3. The molecule has 0 saturated heterocycles. The highest BCUT2D eigenvalue weighted by Crippen LogP contribution is 2.12. The summed E-state index contributed by atoms with van der Waals surface area (Å²) in [5, 5.41) is 10.6. The lowest BCUT2D eigenvalue weighted by Gasteiger charge is -1.94. The van der Waals surface area contributed by atoms with E-state index in [0.717, 1.165) is 6.07 Å². The largest absolute Gasteiger partial charge is 0.327 e. The fourth-order valence-electron chi connectivity index (χ4n) is 1.39. The number of benzene rings is 1. The molecule has 0 aliphatic carbocycles. The van der Waals surface area contributed by atoms with Gasteiger partial charge in [0.15, 0.2) is 0 Å². The van der Waals surface area contributed by atoms with Crippen molar-refractivity contribution in [3.8, 4) is 0 Å². The average Bonchev–Trinajstić information content (AvgIpc) is 2.35. The van der Waals surface area contributed by atoms with Crippen molar-refractivity contribution in [3.05, 3.63) is 66.8 Å². The number of aromatic amines is 2. The predicted molar refractivity (Wildman–Crippen MR) is 68.0 cm³/mol. The lowest BCUT2D eigenvalue weighted by molar-refractivity contribution is -0.384. The second-order valence-corrected chi connectivity index (χ2v) is 3.58. The minimum absolute atomic E-state index is 0.0663. The molecule has 8 heteroatoms. The average molecular weight is 260 g/mol. The predicted octanol–water partition coefficient (Wildman–Crippen LogP) is 0.722. The third-order valence-electron chi connectivity index (χ3n) is 2.18. The quantitative estimate of drug-likeness (QED) is 0.479. The Labute approximate surface area is 105 Å². The summed E-state index contributed by atoms with van der Waals surface area (Å²) in [6, 6.07) is 6.91. The smallest absolute Gasteiger partial charge is 0.292 e. The van der Waals surface area contributed by atoms with E-state index in [1.54, 1.807) is 6.07 Å². The van der Waals surface area contributed by atoms with Crippen LogP contribution in [-0.4, -0.2) is 21.1 Å². The van der Waals surface area contributed by atoms with E-state index in [4.69, 9.17) is 0 Å². The molecule has 19 heavy (non-hydrogen) atoms. The van der Waals surface area contributed by atoms with E-state index < -0.39 is 16.2 Å². The molecule has 0 radical (unpaired) electrons. The van der Waals surface area contributed by atoms with Crippen LogP contribution in [0.2, 0.25) is 0 Å². The lowest BCUT2D eigenvalue weighted by Crippen LogP contribution is -2.20. The molecule has 0 bridgehead atoms. The van der Waals surface area contributed by atoms with Gasteiger partial charge in [0.25, 0.3) is 11.2 Å². The molecule has 1 aromatic heterocycles. The van der Waals surface area contributed by atoms with Crippen molar-refractivity contribution in [2.24, 2.45) is 4.99 Å². The van der Waals surface area contributed by atoms with Gasteiger partial charge in [-0.3, -0.25) is 24.9 Å². The highest BCUT2D eigenvalue weighted by atomic mass is 16.6. The number of aromatic nitrogens is 2. The monoisotopic (exact) mass is 260 g/mol. The lowest BCUT2D eigenvalue weighted by atomic mass is 10.2. The molecule has 1 aromatic carbocycles. The van der Waals surface area contributed by atoms with Gasteiger partial charge in [0.1, 0.15) is 5.82 Å². The van der Waals surface area contributed by atoms with E-state index in [1.165, 1.54) is 24.4 Å². The number of H-pyrrole nitrogens is 2. The first-order valence-corrected chi connectivity index (χ1v) is 5.17. The Bertz CT molecular complexity index is 731. The van der Waals surface area contributed by atoms with Gasteiger partial charge in [-0.1, -0.05) is 12.1 Å². The summed E-state index contributed by atoms with van der Waals surface area (Å²) < 4.78 is 0. The van der Waals surface area contributed by atoms with Crippen LogP contribution in [0.25, 0.3) is 0 Å². The van der Waals surface area contributed by atoms with Crippen LogP contribution in [0.5, 0.6) is 0 Å². The Morgan fingerprint density at radius 2 is 2.00 bits per heavy atom. The van der Waals surface area contributed by atoms with E-state index in [9.17, 15) is 19.7 Å². The van der Waals surface area contributed by atoms with Crippen LogP contribution in [0.15, 0.2) is 44.9 Å². The number of nitrogens with zero attached hydrogens (tertiary/aromatic N) is 2. The number of hydrogen-bond donors (Lipinski definition) is 2. The summed E-state index contributed by atoms with van der Waals surface area (Å²) in [5.41, 5.74) is -0.827. The Balaban J connectivity index is 2.32. The van der Waals surface area contributed by atoms with E-state index >= 15 is 0 Å². The molecule has 0 atom stereocenters. The zero-order chi connectivity index (χ0) is 13.8. The molecule has 1 heterocycles. The maximum Gasteiger partial charge on any atom is 0.327 e. The van der Waals surface area contributed by atoms with Gasteiger partial charge in [0.2, 0.25) is 0 Å². The topological polar surface area (TPSA) is 121 Å². The first-order chi connectivity index (χ1) is 9.04. The number of nitrogens with one attached hydrogen (secondary N) is 2. The maximum absolute atomic E-state index is 11.0. The molecular formula is C11H8N4O4. The molecule has 2 rings (SSSR count). The first kappa shape index (κ1) is 12.4. The van der Waals surface area contributed by atoms with Gasteiger partial charge in [-0.25, -0.2) is 9.79 Å². The zero-order valence-corrected chi connectivity index (χ0v) is 9.49. The molecule has 0 aliphatic heterocycles. The van der Waals surface area contributed by atoms with E-state index in [2.05, 4.69) is 9.98 Å². The van der Waals surface area contributed by atoms with Crippen molar-refractivity contribution in [2.75, 3.05) is 0 Å². The van der Waals surface area contributed by atoms with Crippen molar-refractivity contribution in [1.82, 2.24) is 9.97 Å². The minimum atomic E-state index is -0.668. The van der Waals surface area contributed by atoms with Crippen LogP contribution in [0.3, 0.4) is 0 Å². The van der Waals surface area contributed by atoms with Gasteiger partial charge in [-0.15, -0.1) is 0 Å². The third-order valence-corrected chi connectivity index (χ3v) is 2.18. The molecule has 0 aliphatic rings. The van der Waals surface area contributed by atoms with Crippen molar-refractivity contribution in [3.63, 3.8) is 0 Å². The maximum atomic E-state index is 11.0. The number of nitro benzene ring substituents is 1. The summed E-state index contributed by atoms with van der Waals surface area (Å²) in [7, 11) is 0. The third kappa shape index (κ3) is 3.22. The molecule has 8 nitrogen and oxygen atoms in total. The van der Waals surface area contributed by atoms with Crippen LogP contribution < -0.4 is 11.2 Å². The minimum Gasteiger partial charge on any atom is -0.292 e. The van der Waals surface area contributed by atoms with Gasteiger partial charge < -0.3 is 0 Å². The second kappa shape index (κ2) is 5.08. The van der Waals surface area contributed by atoms with Gasteiger partial charge in [0, 0.05) is 24.4 Å². The molecule has 0 fully saturated rings. The zero-order valence-electron chi connectivity index (χ0n) is 9.49. The molecule has 0 unspecified atom stereocenters. The van der Waals surface area contributed by atoms with Crippen LogP contribution in [0, 0.1) is 10.1 Å². The molecule has 2 N–H and O–H groups in total. The van der Waals surface area contributed by atoms with Crippen LogP contribution in [0.1, 0.15) is 5.56 Å². The summed E-state index contributed by atoms with van der Waals surface area (Å²) in [6.07, 6.45) is 1.32. The van der Waals surface area contributed by atoms with Crippen molar-refractivity contribution in [1.29, 1.82) is 0 Å². The summed E-state index contributed by atoms with van der Waals surface area (Å²) in [4.78, 5) is 40.3. The van der Waals surface area contributed by atoms with Gasteiger partial charge >= 0.3 is 5.69 Å². The number of nitro groups is 1. The van der Waals surface area contributed by atoms with Crippen LogP contribution in [-0.2, 0) is 0 Å².